The predicted molar refractivity (Wildman–Crippen MR) is 76.8 cm³/mol. The molecule has 0 saturated carbocycles. The van der Waals surface area contributed by atoms with Crippen molar-refractivity contribution in [2.24, 2.45) is 0 Å². The van der Waals surface area contributed by atoms with Gasteiger partial charge in [0.1, 0.15) is 11.8 Å². The molecule has 7 heteroatoms. The van der Waals surface area contributed by atoms with Crippen LogP contribution < -0.4 is 4.74 Å². The molecule has 116 valence electrons. The molecule has 1 aromatic rings. The fraction of sp³-hybridized carbons (Fsp3) is 0.500. The molecular weight excluding hydrogens is 294 g/mol. The maximum absolute atomic E-state index is 12.6. The number of piperidine rings is 1. The minimum atomic E-state index is -3.79. The number of carboxylic acids is 1. The van der Waals surface area contributed by atoms with Crippen LogP contribution in [0, 0.1) is 0 Å². The minimum Gasteiger partial charge on any atom is -0.494 e. The highest BCUT2D eigenvalue weighted by Crippen LogP contribution is 2.26. The lowest BCUT2D eigenvalue weighted by Crippen LogP contribution is -2.47. The van der Waals surface area contributed by atoms with E-state index >= 15 is 0 Å². The van der Waals surface area contributed by atoms with Gasteiger partial charge in [-0.2, -0.15) is 4.31 Å². The SMILES string of the molecule is CCOc1ccc(S(=O)(=O)N2CCCC[C@H]2C(=O)O)cc1. The van der Waals surface area contributed by atoms with Crippen LogP contribution in [0.2, 0.25) is 0 Å². The van der Waals surface area contributed by atoms with Crippen molar-refractivity contribution in [2.45, 2.75) is 37.1 Å². The van der Waals surface area contributed by atoms with Gasteiger partial charge in [-0.1, -0.05) is 0 Å². The van der Waals surface area contributed by atoms with E-state index in [2.05, 4.69) is 0 Å². The molecule has 1 saturated heterocycles. The lowest BCUT2D eigenvalue weighted by molar-refractivity contribution is -0.142. The van der Waals surface area contributed by atoms with Gasteiger partial charge in [0.05, 0.1) is 11.5 Å². The summed E-state index contributed by atoms with van der Waals surface area (Å²) in [6.45, 7) is 2.58. The molecule has 1 aliphatic heterocycles. The van der Waals surface area contributed by atoms with Gasteiger partial charge in [0.25, 0.3) is 0 Å². The van der Waals surface area contributed by atoms with Gasteiger partial charge in [-0.3, -0.25) is 4.79 Å². The highest BCUT2D eigenvalue weighted by molar-refractivity contribution is 7.89. The summed E-state index contributed by atoms with van der Waals surface area (Å²) in [6, 6.07) is 5.09. The molecule has 1 N–H and O–H groups in total. The first-order valence-corrected chi connectivity index (χ1v) is 8.38. The van der Waals surface area contributed by atoms with E-state index in [-0.39, 0.29) is 11.4 Å². The maximum Gasteiger partial charge on any atom is 0.322 e. The van der Waals surface area contributed by atoms with Crippen LogP contribution >= 0.6 is 0 Å². The average Bonchev–Trinajstić information content (AvgIpc) is 2.48. The topological polar surface area (TPSA) is 83.9 Å². The Morgan fingerprint density at radius 3 is 2.57 bits per heavy atom. The molecule has 0 spiro atoms. The zero-order chi connectivity index (χ0) is 15.5. The van der Waals surface area contributed by atoms with E-state index in [0.717, 1.165) is 10.7 Å². The normalized spacial score (nSPS) is 20.1. The Balaban J connectivity index is 2.29. The molecule has 0 aliphatic carbocycles. The van der Waals surface area contributed by atoms with E-state index in [1.807, 2.05) is 6.92 Å². The first kappa shape index (κ1) is 15.8. The van der Waals surface area contributed by atoms with Crippen LogP contribution in [0.4, 0.5) is 0 Å². The van der Waals surface area contributed by atoms with E-state index in [0.29, 0.717) is 25.2 Å². The van der Waals surface area contributed by atoms with Crippen molar-refractivity contribution in [2.75, 3.05) is 13.2 Å². The quantitative estimate of drug-likeness (QED) is 0.894. The smallest absolute Gasteiger partial charge is 0.322 e. The molecule has 0 amide bonds. The van der Waals surface area contributed by atoms with Crippen molar-refractivity contribution < 1.29 is 23.1 Å². The first-order valence-electron chi connectivity index (χ1n) is 6.94. The third-order valence-corrected chi connectivity index (χ3v) is 5.40. The fourth-order valence-electron chi connectivity index (χ4n) is 2.45. The van der Waals surface area contributed by atoms with Crippen molar-refractivity contribution in [3.05, 3.63) is 24.3 Å². The molecule has 1 fully saturated rings. The summed E-state index contributed by atoms with van der Waals surface area (Å²) in [6.07, 6.45) is 1.76. The average molecular weight is 313 g/mol. The van der Waals surface area contributed by atoms with E-state index in [1.54, 1.807) is 12.1 Å². The number of nitrogens with zero attached hydrogens (tertiary/aromatic N) is 1. The van der Waals surface area contributed by atoms with Crippen molar-refractivity contribution in [3.63, 3.8) is 0 Å². The summed E-state index contributed by atoms with van der Waals surface area (Å²) in [5.41, 5.74) is 0. The van der Waals surface area contributed by atoms with Gasteiger partial charge in [-0.05, 0) is 50.5 Å². The lowest BCUT2D eigenvalue weighted by Gasteiger charge is -2.31. The Bertz CT molecular complexity index is 596. The molecule has 0 bridgehead atoms. The minimum absolute atomic E-state index is 0.0964. The third-order valence-electron chi connectivity index (χ3n) is 3.48. The summed E-state index contributed by atoms with van der Waals surface area (Å²) in [5, 5.41) is 9.21. The number of hydrogen-bond donors (Lipinski definition) is 1. The summed E-state index contributed by atoms with van der Waals surface area (Å²) in [5.74, 6) is -0.505. The molecule has 1 aromatic carbocycles. The monoisotopic (exact) mass is 313 g/mol. The van der Waals surface area contributed by atoms with Gasteiger partial charge in [-0.25, -0.2) is 8.42 Å². The Morgan fingerprint density at radius 1 is 1.33 bits per heavy atom. The zero-order valence-corrected chi connectivity index (χ0v) is 12.7. The van der Waals surface area contributed by atoms with Gasteiger partial charge >= 0.3 is 5.97 Å². The van der Waals surface area contributed by atoms with Gasteiger partial charge in [0.15, 0.2) is 0 Å². The van der Waals surface area contributed by atoms with Crippen LogP contribution in [0.15, 0.2) is 29.2 Å². The van der Waals surface area contributed by atoms with Crippen LogP contribution in [0.1, 0.15) is 26.2 Å². The summed E-state index contributed by atoms with van der Waals surface area (Å²) >= 11 is 0. The molecule has 2 rings (SSSR count). The molecule has 0 unspecified atom stereocenters. The second-order valence-corrected chi connectivity index (χ2v) is 6.76. The van der Waals surface area contributed by atoms with E-state index in [9.17, 15) is 18.3 Å². The molecule has 1 aliphatic rings. The number of benzene rings is 1. The Labute approximate surface area is 124 Å². The van der Waals surface area contributed by atoms with Crippen LogP contribution in [0.5, 0.6) is 5.75 Å². The summed E-state index contributed by atoms with van der Waals surface area (Å²) in [7, 11) is -3.79. The molecule has 0 aromatic heterocycles. The second kappa shape index (κ2) is 6.44. The Kier molecular flexibility index (Phi) is 4.84. The number of ether oxygens (including phenoxy) is 1. The van der Waals surface area contributed by atoms with Crippen LogP contribution in [0.25, 0.3) is 0 Å². The number of rotatable bonds is 5. The highest BCUT2D eigenvalue weighted by atomic mass is 32.2. The maximum atomic E-state index is 12.6. The van der Waals surface area contributed by atoms with Crippen molar-refractivity contribution in [3.8, 4) is 5.75 Å². The largest absolute Gasteiger partial charge is 0.494 e. The van der Waals surface area contributed by atoms with Crippen molar-refractivity contribution >= 4 is 16.0 Å². The number of hydrogen-bond acceptors (Lipinski definition) is 4. The fourth-order valence-corrected chi connectivity index (χ4v) is 4.10. The van der Waals surface area contributed by atoms with Gasteiger partial charge in [-0.15, -0.1) is 0 Å². The van der Waals surface area contributed by atoms with E-state index < -0.39 is 22.0 Å². The lowest BCUT2D eigenvalue weighted by atomic mass is 10.1. The summed E-state index contributed by atoms with van der Waals surface area (Å²) < 4.78 is 31.6. The zero-order valence-electron chi connectivity index (χ0n) is 11.9. The van der Waals surface area contributed by atoms with Crippen molar-refractivity contribution in [1.82, 2.24) is 4.31 Å². The van der Waals surface area contributed by atoms with E-state index in [4.69, 9.17) is 4.74 Å². The molecule has 21 heavy (non-hydrogen) atoms. The highest BCUT2D eigenvalue weighted by Gasteiger charge is 2.37. The molecule has 0 radical (unpaired) electrons. The van der Waals surface area contributed by atoms with E-state index in [1.165, 1.54) is 12.1 Å². The van der Waals surface area contributed by atoms with Crippen LogP contribution in [-0.4, -0.2) is 43.0 Å². The molecule has 1 atom stereocenters. The number of carboxylic acid groups (broad SMARTS) is 1. The van der Waals surface area contributed by atoms with Gasteiger partial charge in [0, 0.05) is 6.54 Å². The summed E-state index contributed by atoms with van der Waals surface area (Å²) in [4.78, 5) is 11.4. The first-order chi connectivity index (χ1) is 9.96. The molecule has 6 nitrogen and oxygen atoms in total. The van der Waals surface area contributed by atoms with Crippen LogP contribution in [0.3, 0.4) is 0 Å². The van der Waals surface area contributed by atoms with Gasteiger partial charge in [0.2, 0.25) is 10.0 Å². The Hall–Kier alpha value is -1.60. The third kappa shape index (κ3) is 3.36. The Morgan fingerprint density at radius 2 is 2.00 bits per heavy atom. The van der Waals surface area contributed by atoms with Crippen LogP contribution in [-0.2, 0) is 14.8 Å². The van der Waals surface area contributed by atoms with Gasteiger partial charge < -0.3 is 9.84 Å². The number of aliphatic carboxylic acids is 1. The standard InChI is InChI=1S/C14H19NO5S/c1-2-20-11-6-8-12(9-7-11)21(18,19)15-10-4-3-5-13(15)14(16)17/h6-9,13H,2-5,10H2,1H3,(H,16,17)/t13-/m0/s1. The van der Waals surface area contributed by atoms with Crippen molar-refractivity contribution in [1.29, 1.82) is 0 Å². The molecule has 1 heterocycles. The number of carbonyl (C=O) groups is 1. The second-order valence-electron chi connectivity index (χ2n) is 4.87. The predicted octanol–water partition coefficient (Wildman–Crippen LogP) is 1.71. The number of sulfonamides is 1. The molecular formula is C14H19NO5S.